The monoisotopic (exact) mass is 284 g/mol. The maximum absolute atomic E-state index is 11.4. The van der Waals surface area contributed by atoms with Crippen molar-refractivity contribution in [2.24, 2.45) is 5.29 Å². The summed E-state index contributed by atoms with van der Waals surface area (Å²) in [6, 6.07) is 8.94. The number of esters is 1. The van der Waals surface area contributed by atoms with E-state index in [1.54, 1.807) is 45.0 Å². The van der Waals surface area contributed by atoms with E-state index in [0.29, 0.717) is 5.56 Å². The molecule has 0 radical (unpaired) electrons. The van der Waals surface area contributed by atoms with Crippen LogP contribution in [-0.2, 0) is 9.53 Å². The fourth-order valence-corrected chi connectivity index (χ4v) is 1.61. The topological polar surface area (TPSA) is 59.0 Å². The van der Waals surface area contributed by atoms with Crippen LogP contribution in [0.15, 0.2) is 35.6 Å². The lowest BCUT2D eigenvalue weighted by molar-refractivity contribution is -0.163. The number of halogens is 1. The molecule has 0 N–H and O–H groups in total. The Labute approximate surface area is 117 Å². The number of nitrogens with zero attached hydrogens (tertiary/aromatic N) is 2. The minimum absolute atomic E-state index is 0.278. The predicted octanol–water partition coefficient (Wildman–Crippen LogP) is 3.25. The normalized spacial score (nSPS) is 12.6. The molecule has 0 aliphatic carbocycles. The lowest BCUT2D eigenvalue weighted by atomic mass is 10.1. The van der Waals surface area contributed by atoms with Crippen LogP contribution in [0.1, 0.15) is 32.6 Å². The van der Waals surface area contributed by atoms with Crippen LogP contribution in [0.5, 0.6) is 0 Å². The molecule has 0 heterocycles. The lowest BCUT2D eigenvalue weighted by Gasteiger charge is -2.35. The minimum atomic E-state index is -0.884. The highest BCUT2D eigenvalue weighted by molar-refractivity contribution is 6.26. The molecule has 1 rings (SSSR count). The number of carbonyl (C=O) groups is 1. The van der Waals surface area contributed by atoms with Gasteiger partial charge in [-0.3, -0.25) is 4.79 Å². The van der Waals surface area contributed by atoms with E-state index in [1.807, 2.05) is 6.07 Å². The number of nitroso groups, excluding NO2 is 1. The van der Waals surface area contributed by atoms with Gasteiger partial charge < -0.3 is 4.74 Å². The Bertz CT molecular complexity index is 431. The molecular weight excluding hydrogens is 268 g/mol. The molecule has 104 valence electrons. The summed E-state index contributed by atoms with van der Waals surface area (Å²) >= 11 is 5.44. The highest BCUT2D eigenvalue weighted by Crippen LogP contribution is 2.29. The molecule has 0 bridgehead atoms. The predicted molar refractivity (Wildman–Crippen MR) is 73.4 cm³/mol. The molecule has 0 saturated heterocycles. The van der Waals surface area contributed by atoms with Crippen LogP contribution in [0, 0.1) is 4.91 Å². The minimum Gasteiger partial charge on any atom is -0.435 e. The van der Waals surface area contributed by atoms with Gasteiger partial charge in [0.1, 0.15) is 5.88 Å². The van der Waals surface area contributed by atoms with Gasteiger partial charge in [0.25, 0.3) is 0 Å². The van der Waals surface area contributed by atoms with Gasteiger partial charge in [0.2, 0.25) is 6.23 Å². The number of hydrogen-bond donors (Lipinski definition) is 0. The molecule has 1 aromatic rings. The average molecular weight is 285 g/mol. The number of hydrogen-bond acceptors (Lipinski definition) is 4. The summed E-state index contributed by atoms with van der Waals surface area (Å²) in [5.74, 6) is -0.881. The van der Waals surface area contributed by atoms with E-state index in [0.717, 1.165) is 0 Å². The number of rotatable bonds is 5. The summed E-state index contributed by atoms with van der Waals surface area (Å²) in [7, 11) is 0. The van der Waals surface area contributed by atoms with Crippen molar-refractivity contribution >= 4 is 17.6 Å². The van der Waals surface area contributed by atoms with Crippen LogP contribution in [0.25, 0.3) is 0 Å². The third-order valence-corrected chi connectivity index (χ3v) is 2.65. The first-order valence-corrected chi connectivity index (χ1v) is 6.36. The zero-order valence-corrected chi connectivity index (χ0v) is 11.9. The molecule has 1 unspecified atom stereocenters. The molecule has 5 nitrogen and oxygen atoms in total. The van der Waals surface area contributed by atoms with Gasteiger partial charge in [-0.1, -0.05) is 30.3 Å². The zero-order valence-electron chi connectivity index (χ0n) is 11.2. The van der Waals surface area contributed by atoms with Crippen molar-refractivity contribution in [3.8, 4) is 0 Å². The Hall–Kier alpha value is -1.62. The standard InChI is InChI=1S/C13H17ClN2O3/c1-13(2,3)16(15-18)12(19-11(17)9-14)10-7-5-4-6-8-10/h4-8,12H,9H2,1-3H3. The third-order valence-electron chi connectivity index (χ3n) is 2.43. The van der Waals surface area contributed by atoms with Crippen molar-refractivity contribution < 1.29 is 9.53 Å². The number of carbonyl (C=O) groups excluding carboxylic acids is 1. The van der Waals surface area contributed by atoms with Crippen LogP contribution in [-0.4, -0.2) is 22.4 Å². The zero-order chi connectivity index (χ0) is 14.5. The van der Waals surface area contributed by atoms with E-state index in [2.05, 4.69) is 5.29 Å². The number of benzene rings is 1. The van der Waals surface area contributed by atoms with Crippen LogP contribution < -0.4 is 0 Å². The molecular formula is C13H17ClN2O3. The van der Waals surface area contributed by atoms with Crippen molar-refractivity contribution in [2.45, 2.75) is 32.5 Å². The molecule has 0 saturated carbocycles. The quantitative estimate of drug-likeness (QED) is 0.274. The van der Waals surface area contributed by atoms with Crippen molar-refractivity contribution in [2.75, 3.05) is 5.88 Å². The number of ether oxygens (including phenoxy) is 1. The Balaban J connectivity index is 3.11. The first kappa shape index (κ1) is 15.4. The lowest BCUT2D eigenvalue weighted by Crippen LogP contribution is -2.41. The van der Waals surface area contributed by atoms with Crippen LogP contribution in [0.2, 0.25) is 0 Å². The first-order chi connectivity index (χ1) is 8.90. The van der Waals surface area contributed by atoms with E-state index in [4.69, 9.17) is 16.3 Å². The fraction of sp³-hybridized carbons (Fsp3) is 0.462. The Morgan fingerprint density at radius 1 is 1.37 bits per heavy atom. The maximum Gasteiger partial charge on any atom is 0.323 e. The summed E-state index contributed by atoms with van der Waals surface area (Å²) < 4.78 is 5.23. The Kier molecular flexibility index (Phi) is 5.30. The first-order valence-electron chi connectivity index (χ1n) is 5.83. The summed E-state index contributed by atoms with van der Waals surface area (Å²) in [5, 5.41) is 4.19. The smallest absolute Gasteiger partial charge is 0.323 e. The van der Waals surface area contributed by atoms with E-state index in [-0.39, 0.29) is 5.88 Å². The van der Waals surface area contributed by atoms with Crippen molar-refractivity contribution in [3.63, 3.8) is 0 Å². The molecule has 0 fully saturated rings. The fourth-order valence-electron chi connectivity index (χ4n) is 1.55. The second-order valence-electron chi connectivity index (χ2n) is 4.98. The molecule has 0 aromatic heterocycles. The molecule has 1 aromatic carbocycles. The van der Waals surface area contributed by atoms with Crippen LogP contribution >= 0.6 is 11.6 Å². The van der Waals surface area contributed by atoms with Gasteiger partial charge in [-0.25, -0.2) is 5.01 Å². The van der Waals surface area contributed by atoms with Gasteiger partial charge in [-0.05, 0) is 20.8 Å². The Morgan fingerprint density at radius 3 is 2.37 bits per heavy atom. The van der Waals surface area contributed by atoms with Crippen LogP contribution in [0.4, 0.5) is 0 Å². The molecule has 0 aliphatic rings. The SMILES string of the molecule is CC(C)(C)N(N=O)C(OC(=O)CCl)c1ccccc1. The molecule has 0 aliphatic heterocycles. The van der Waals surface area contributed by atoms with Crippen LogP contribution in [0.3, 0.4) is 0 Å². The van der Waals surface area contributed by atoms with Crippen molar-refractivity contribution in [1.82, 2.24) is 5.01 Å². The Morgan fingerprint density at radius 2 is 1.95 bits per heavy atom. The largest absolute Gasteiger partial charge is 0.435 e. The summed E-state index contributed by atoms with van der Waals surface area (Å²) in [4.78, 5) is 22.5. The number of alkyl halides is 1. The second-order valence-corrected chi connectivity index (χ2v) is 5.25. The summed E-state index contributed by atoms with van der Waals surface area (Å²) in [6.07, 6.45) is -0.884. The van der Waals surface area contributed by atoms with Crippen molar-refractivity contribution in [1.29, 1.82) is 0 Å². The van der Waals surface area contributed by atoms with E-state index in [1.165, 1.54) is 5.01 Å². The second kappa shape index (κ2) is 6.52. The molecule has 0 spiro atoms. The van der Waals surface area contributed by atoms with Gasteiger partial charge in [-0.2, -0.15) is 0 Å². The van der Waals surface area contributed by atoms with Gasteiger partial charge in [0.05, 0.1) is 10.8 Å². The van der Waals surface area contributed by atoms with E-state index >= 15 is 0 Å². The third kappa shape index (κ3) is 4.21. The van der Waals surface area contributed by atoms with Gasteiger partial charge >= 0.3 is 5.97 Å². The summed E-state index contributed by atoms with van der Waals surface area (Å²) in [6.45, 7) is 5.41. The maximum atomic E-state index is 11.4. The van der Waals surface area contributed by atoms with Crippen molar-refractivity contribution in [3.05, 3.63) is 40.8 Å². The highest BCUT2D eigenvalue weighted by Gasteiger charge is 2.33. The van der Waals surface area contributed by atoms with Gasteiger partial charge in [0, 0.05) is 5.56 Å². The van der Waals surface area contributed by atoms with E-state index in [9.17, 15) is 9.70 Å². The molecule has 6 heteroatoms. The average Bonchev–Trinajstić information content (AvgIpc) is 2.37. The molecule has 1 atom stereocenters. The van der Waals surface area contributed by atoms with Gasteiger partial charge in [-0.15, -0.1) is 16.5 Å². The molecule has 19 heavy (non-hydrogen) atoms. The molecule has 0 amide bonds. The highest BCUT2D eigenvalue weighted by atomic mass is 35.5. The van der Waals surface area contributed by atoms with E-state index < -0.39 is 17.7 Å². The summed E-state index contributed by atoms with van der Waals surface area (Å²) in [5.41, 5.74) is 0.0741. The van der Waals surface area contributed by atoms with Gasteiger partial charge in [0.15, 0.2) is 0 Å².